The molecule has 1 N–H and O–H groups in total. The average molecular weight is 192 g/mol. The van der Waals surface area contributed by atoms with E-state index in [4.69, 9.17) is 4.74 Å². The summed E-state index contributed by atoms with van der Waals surface area (Å²) in [6, 6.07) is 8.00. The molecular formula is C12H16O2. The van der Waals surface area contributed by atoms with E-state index in [2.05, 4.69) is 6.07 Å². The summed E-state index contributed by atoms with van der Waals surface area (Å²) in [5.74, 6) is 0.928. The lowest BCUT2D eigenvalue weighted by molar-refractivity contribution is 0.140. The monoisotopic (exact) mass is 192 g/mol. The highest BCUT2D eigenvalue weighted by atomic mass is 16.5. The molecule has 2 heteroatoms. The van der Waals surface area contributed by atoms with E-state index < -0.39 is 0 Å². The van der Waals surface area contributed by atoms with Crippen molar-refractivity contribution < 1.29 is 9.84 Å². The first-order chi connectivity index (χ1) is 6.73. The Labute approximate surface area is 84.5 Å². The van der Waals surface area contributed by atoms with Gasteiger partial charge in [-0.1, -0.05) is 18.2 Å². The van der Waals surface area contributed by atoms with E-state index in [1.807, 2.05) is 18.2 Å². The quantitative estimate of drug-likeness (QED) is 0.792. The van der Waals surface area contributed by atoms with Crippen molar-refractivity contribution in [2.24, 2.45) is 0 Å². The molecule has 0 spiro atoms. The van der Waals surface area contributed by atoms with Crippen molar-refractivity contribution in [1.82, 2.24) is 0 Å². The van der Waals surface area contributed by atoms with Gasteiger partial charge in [-0.25, -0.2) is 0 Å². The summed E-state index contributed by atoms with van der Waals surface area (Å²) < 4.78 is 5.25. The Balaban J connectivity index is 2.00. The van der Waals surface area contributed by atoms with Crippen molar-refractivity contribution in [3.63, 3.8) is 0 Å². The SMILES string of the molecule is COc1ccccc1CCC1(O)CC1. The fourth-order valence-electron chi connectivity index (χ4n) is 1.67. The highest BCUT2D eigenvalue weighted by molar-refractivity contribution is 5.33. The molecule has 2 rings (SSSR count). The van der Waals surface area contributed by atoms with Crippen LogP contribution in [0.5, 0.6) is 5.75 Å². The van der Waals surface area contributed by atoms with Crippen molar-refractivity contribution in [2.75, 3.05) is 7.11 Å². The van der Waals surface area contributed by atoms with Crippen LogP contribution in [0.4, 0.5) is 0 Å². The molecule has 0 bridgehead atoms. The van der Waals surface area contributed by atoms with E-state index >= 15 is 0 Å². The largest absolute Gasteiger partial charge is 0.496 e. The van der Waals surface area contributed by atoms with Crippen molar-refractivity contribution in [3.05, 3.63) is 29.8 Å². The summed E-state index contributed by atoms with van der Waals surface area (Å²) in [5, 5.41) is 9.71. The van der Waals surface area contributed by atoms with Gasteiger partial charge in [0, 0.05) is 0 Å². The van der Waals surface area contributed by atoms with Crippen LogP contribution >= 0.6 is 0 Å². The second kappa shape index (κ2) is 3.62. The van der Waals surface area contributed by atoms with E-state index in [-0.39, 0.29) is 5.60 Å². The van der Waals surface area contributed by atoms with Crippen molar-refractivity contribution in [2.45, 2.75) is 31.3 Å². The predicted octanol–water partition coefficient (Wildman–Crippen LogP) is 2.15. The summed E-state index contributed by atoms with van der Waals surface area (Å²) in [7, 11) is 1.69. The third-order valence-corrected chi connectivity index (χ3v) is 2.88. The number of methoxy groups -OCH3 is 1. The predicted molar refractivity (Wildman–Crippen MR) is 55.5 cm³/mol. The summed E-state index contributed by atoms with van der Waals surface area (Å²) in [5.41, 5.74) is 0.830. The van der Waals surface area contributed by atoms with Gasteiger partial charge < -0.3 is 9.84 Å². The Bertz CT molecular complexity index is 316. The maximum absolute atomic E-state index is 9.71. The molecule has 0 radical (unpaired) electrons. The maximum atomic E-state index is 9.71. The van der Waals surface area contributed by atoms with Gasteiger partial charge in [-0.2, -0.15) is 0 Å². The van der Waals surface area contributed by atoms with Gasteiger partial charge in [0.25, 0.3) is 0 Å². The zero-order valence-electron chi connectivity index (χ0n) is 8.49. The Hall–Kier alpha value is -1.02. The number of hydrogen-bond donors (Lipinski definition) is 1. The lowest BCUT2D eigenvalue weighted by Crippen LogP contribution is -2.08. The minimum Gasteiger partial charge on any atom is -0.496 e. The molecule has 0 unspecified atom stereocenters. The second-order valence-electron chi connectivity index (χ2n) is 4.04. The first kappa shape index (κ1) is 9.53. The van der Waals surface area contributed by atoms with E-state index in [0.29, 0.717) is 0 Å². The Morgan fingerprint density at radius 2 is 2.07 bits per heavy atom. The fourth-order valence-corrected chi connectivity index (χ4v) is 1.67. The smallest absolute Gasteiger partial charge is 0.122 e. The average Bonchev–Trinajstić information content (AvgIpc) is 2.95. The van der Waals surface area contributed by atoms with Crippen LogP contribution < -0.4 is 4.74 Å². The summed E-state index contributed by atoms with van der Waals surface area (Å²) in [6.45, 7) is 0. The number of aryl methyl sites for hydroxylation is 1. The first-order valence-electron chi connectivity index (χ1n) is 5.08. The molecule has 76 valence electrons. The third kappa shape index (κ3) is 2.07. The molecule has 2 nitrogen and oxygen atoms in total. The topological polar surface area (TPSA) is 29.5 Å². The Morgan fingerprint density at radius 3 is 2.71 bits per heavy atom. The summed E-state index contributed by atoms with van der Waals surface area (Å²) in [6.07, 6.45) is 3.68. The molecule has 0 atom stereocenters. The molecular weight excluding hydrogens is 176 g/mol. The zero-order chi connectivity index (χ0) is 10.0. The van der Waals surface area contributed by atoms with Gasteiger partial charge in [-0.05, 0) is 37.3 Å². The normalized spacial score (nSPS) is 17.9. The van der Waals surface area contributed by atoms with Gasteiger partial charge in [0.2, 0.25) is 0 Å². The molecule has 0 aliphatic heterocycles. The minimum atomic E-state index is -0.360. The molecule has 0 aromatic heterocycles. The summed E-state index contributed by atoms with van der Waals surface area (Å²) in [4.78, 5) is 0. The van der Waals surface area contributed by atoms with Gasteiger partial charge in [0.15, 0.2) is 0 Å². The number of hydrogen-bond acceptors (Lipinski definition) is 2. The molecule has 1 aliphatic carbocycles. The van der Waals surface area contributed by atoms with E-state index in [1.54, 1.807) is 7.11 Å². The van der Waals surface area contributed by atoms with Crippen LogP contribution in [-0.4, -0.2) is 17.8 Å². The van der Waals surface area contributed by atoms with Gasteiger partial charge in [0.1, 0.15) is 5.75 Å². The van der Waals surface area contributed by atoms with Crippen LogP contribution in [0.2, 0.25) is 0 Å². The molecule has 0 amide bonds. The van der Waals surface area contributed by atoms with Crippen LogP contribution in [0.15, 0.2) is 24.3 Å². The molecule has 1 aromatic carbocycles. The molecule has 0 heterocycles. The molecule has 14 heavy (non-hydrogen) atoms. The molecule has 0 saturated heterocycles. The number of ether oxygens (including phenoxy) is 1. The van der Waals surface area contributed by atoms with Crippen LogP contribution in [0, 0.1) is 0 Å². The highest BCUT2D eigenvalue weighted by Gasteiger charge is 2.39. The van der Waals surface area contributed by atoms with Gasteiger partial charge >= 0.3 is 0 Å². The third-order valence-electron chi connectivity index (χ3n) is 2.88. The van der Waals surface area contributed by atoms with Crippen LogP contribution in [0.3, 0.4) is 0 Å². The number of rotatable bonds is 4. The van der Waals surface area contributed by atoms with Crippen LogP contribution in [0.1, 0.15) is 24.8 Å². The molecule has 1 aliphatic rings. The second-order valence-corrected chi connectivity index (χ2v) is 4.04. The van der Waals surface area contributed by atoms with Crippen LogP contribution in [0.25, 0.3) is 0 Å². The highest BCUT2D eigenvalue weighted by Crippen LogP contribution is 2.39. The zero-order valence-corrected chi connectivity index (χ0v) is 8.49. The minimum absolute atomic E-state index is 0.360. The lowest BCUT2D eigenvalue weighted by Gasteiger charge is -2.10. The Kier molecular flexibility index (Phi) is 2.46. The van der Waals surface area contributed by atoms with E-state index in [0.717, 1.165) is 31.4 Å². The van der Waals surface area contributed by atoms with E-state index in [9.17, 15) is 5.11 Å². The van der Waals surface area contributed by atoms with Crippen molar-refractivity contribution >= 4 is 0 Å². The standard InChI is InChI=1S/C12H16O2/c1-14-11-5-3-2-4-10(11)6-7-12(13)8-9-12/h2-5,13H,6-9H2,1H3. The number of para-hydroxylation sites is 1. The molecule has 1 saturated carbocycles. The lowest BCUT2D eigenvalue weighted by atomic mass is 10.0. The van der Waals surface area contributed by atoms with Gasteiger partial charge in [0.05, 0.1) is 12.7 Å². The van der Waals surface area contributed by atoms with Gasteiger partial charge in [-0.15, -0.1) is 0 Å². The molecule has 1 aromatic rings. The van der Waals surface area contributed by atoms with Gasteiger partial charge in [-0.3, -0.25) is 0 Å². The van der Waals surface area contributed by atoms with Crippen molar-refractivity contribution in [1.29, 1.82) is 0 Å². The Morgan fingerprint density at radius 1 is 1.36 bits per heavy atom. The fraction of sp³-hybridized carbons (Fsp3) is 0.500. The van der Waals surface area contributed by atoms with E-state index in [1.165, 1.54) is 5.56 Å². The number of aliphatic hydroxyl groups is 1. The first-order valence-corrected chi connectivity index (χ1v) is 5.08. The maximum Gasteiger partial charge on any atom is 0.122 e. The summed E-state index contributed by atoms with van der Waals surface area (Å²) >= 11 is 0. The number of benzene rings is 1. The molecule has 1 fully saturated rings. The van der Waals surface area contributed by atoms with Crippen LogP contribution in [-0.2, 0) is 6.42 Å². The van der Waals surface area contributed by atoms with Crippen molar-refractivity contribution in [3.8, 4) is 5.75 Å².